The van der Waals surface area contributed by atoms with E-state index in [2.05, 4.69) is 10.5 Å². The molecule has 0 atom stereocenters. The number of benzene rings is 3. The van der Waals surface area contributed by atoms with Gasteiger partial charge >= 0.3 is 0 Å². The van der Waals surface area contributed by atoms with E-state index >= 15 is 0 Å². The molecule has 2 N–H and O–H groups in total. The molecular formula is C18H13ClN2O2. The third-order valence-electron chi connectivity index (χ3n) is 3.41. The minimum Gasteiger partial charge on any atom is -0.507 e. The summed E-state index contributed by atoms with van der Waals surface area (Å²) in [5, 5.41) is 16.4. The Morgan fingerprint density at radius 2 is 1.78 bits per heavy atom. The van der Waals surface area contributed by atoms with Gasteiger partial charge in [-0.25, -0.2) is 5.43 Å². The van der Waals surface area contributed by atoms with Crippen molar-refractivity contribution in [3.05, 3.63) is 76.8 Å². The monoisotopic (exact) mass is 324 g/mol. The van der Waals surface area contributed by atoms with Crippen LogP contribution in [0.15, 0.2) is 65.8 Å². The van der Waals surface area contributed by atoms with Crippen LogP contribution in [0.4, 0.5) is 0 Å². The van der Waals surface area contributed by atoms with Crippen LogP contribution in [0, 0.1) is 0 Å². The lowest BCUT2D eigenvalue weighted by Crippen LogP contribution is -2.17. The summed E-state index contributed by atoms with van der Waals surface area (Å²) < 4.78 is 0. The Morgan fingerprint density at radius 1 is 1.04 bits per heavy atom. The van der Waals surface area contributed by atoms with E-state index in [-0.39, 0.29) is 11.7 Å². The van der Waals surface area contributed by atoms with Gasteiger partial charge in [0, 0.05) is 21.5 Å². The lowest BCUT2D eigenvalue weighted by Gasteiger charge is -2.04. The van der Waals surface area contributed by atoms with Gasteiger partial charge in [-0.05, 0) is 35.7 Å². The lowest BCUT2D eigenvalue weighted by molar-refractivity contribution is 0.0955. The van der Waals surface area contributed by atoms with Gasteiger partial charge in [0.1, 0.15) is 5.75 Å². The van der Waals surface area contributed by atoms with Crippen LogP contribution in [-0.4, -0.2) is 17.2 Å². The van der Waals surface area contributed by atoms with Crippen LogP contribution >= 0.6 is 11.6 Å². The van der Waals surface area contributed by atoms with Crippen LogP contribution in [0.1, 0.15) is 15.9 Å². The van der Waals surface area contributed by atoms with Crippen molar-refractivity contribution in [2.24, 2.45) is 5.10 Å². The smallest absolute Gasteiger partial charge is 0.271 e. The van der Waals surface area contributed by atoms with E-state index in [0.29, 0.717) is 16.1 Å². The van der Waals surface area contributed by atoms with Crippen LogP contribution in [0.5, 0.6) is 5.75 Å². The van der Waals surface area contributed by atoms with Gasteiger partial charge in [0.05, 0.1) is 6.21 Å². The van der Waals surface area contributed by atoms with Gasteiger partial charge in [0.25, 0.3) is 5.91 Å². The van der Waals surface area contributed by atoms with Gasteiger partial charge in [-0.1, -0.05) is 41.9 Å². The Labute approximate surface area is 138 Å². The fourth-order valence-electron chi connectivity index (χ4n) is 2.20. The lowest BCUT2D eigenvalue weighted by atomic mass is 10.1. The number of aromatic hydroxyl groups is 1. The van der Waals surface area contributed by atoms with Gasteiger partial charge in [0.2, 0.25) is 0 Å². The average molecular weight is 325 g/mol. The van der Waals surface area contributed by atoms with E-state index in [1.165, 1.54) is 6.21 Å². The number of amides is 1. The number of hydrogen-bond acceptors (Lipinski definition) is 3. The van der Waals surface area contributed by atoms with E-state index in [9.17, 15) is 9.90 Å². The number of nitrogens with zero attached hydrogens (tertiary/aromatic N) is 1. The fraction of sp³-hybridized carbons (Fsp3) is 0. The maximum Gasteiger partial charge on any atom is 0.271 e. The summed E-state index contributed by atoms with van der Waals surface area (Å²) in [6.45, 7) is 0. The molecule has 23 heavy (non-hydrogen) atoms. The zero-order chi connectivity index (χ0) is 16.2. The first-order valence-electron chi connectivity index (χ1n) is 6.95. The molecule has 0 radical (unpaired) electrons. The highest BCUT2D eigenvalue weighted by atomic mass is 35.5. The van der Waals surface area contributed by atoms with Crippen LogP contribution in [0.25, 0.3) is 10.8 Å². The first kappa shape index (κ1) is 15.1. The third kappa shape index (κ3) is 3.33. The molecule has 3 rings (SSSR count). The van der Waals surface area contributed by atoms with Crippen molar-refractivity contribution in [2.75, 3.05) is 0 Å². The average Bonchev–Trinajstić information content (AvgIpc) is 2.57. The number of phenolic OH excluding ortho intramolecular Hbond substituents is 1. The molecule has 0 saturated heterocycles. The summed E-state index contributed by atoms with van der Waals surface area (Å²) in [5.74, 6) is -0.217. The topological polar surface area (TPSA) is 61.7 Å². The number of hydrogen-bond donors (Lipinski definition) is 2. The second-order valence-corrected chi connectivity index (χ2v) is 5.37. The zero-order valence-corrected chi connectivity index (χ0v) is 12.8. The zero-order valence-electron chi connectivity index (χ0n) is 12.0. The fourth-order valence-corrected chi connectivity index (χ4v) is 2.33. The molecule has 0 spiro atoms. The van der Waals surface area contributed by atoms with E-state index in [1.54, 1.807) is 30.3 Å². The quantitative estimate of drug-likeness (QED) is 0.566. The van der Waals surface area contributed by atoms with Gasteiger partial charge in [0.15, 0.2) is 0 Å². The molecule has 0 heterocycles. The molecule has 114 valence electrons. The summed E-state index contributed by atoms with van der Waals surface area (Å²) >= 11 is 5.78. The molecule has 0 aliphatic carbocycles. The van der Waals surface area contributed by atoms with Crippen molar-refractivity contribution in [1.82, 2.24) is 5.43 Å². The number of phenols is 1. The van der Waals surface area contributed by atoms with Crippen LogP contribution < -0.4 is 5.43 Å². The standard InChI is InChI=1S/C18H13ClN2O2/c19-15-9-7-13(8-10-15)18(23)21-20-11-14-6-5-12-3-1-2-4-16(12)17(14)22/h1-11,22H,(H,21,23). The molecule has 5 heteroatoms. The van der Waals surface area contributed by atoms with Gasteiger partial charge < -0.3 is 5.11 Å². The molecule has 3 aromatic rings. The Morgan fingerprint density at radius 3 is 2.57 bits per heavy atom. The summed E-state index contributed by atoms with van der Waals surface area (Å²) in [6.07, 6.45) is 1.41. The SMILES string of the molecule is O=C(NN=Cc1ccc2ccccc2c1O)c1ccc(Cl)cc1. The minimum absolute atomic E-state index is 0.132. The van der Waals surface area contributed by atoms with E-state index in [1.807, 2.05) is 30.3 Å². The first-order chi connectivity index (χ1) is 11.1. The summed E-state index contributed by atoms with van der Waals surface area (Å²) in [4.78, 5) is 11.9. The third-order valence-corrected chi connectivity index (χ3v) is 3.66. The summed E-state index contributed by atoms with van der Waals surface area (Å²) in [6, 6.07) is 17.6. The Hall–Kier alpha value is -2.85. The Kier molecular flexibility index (Phi) is 4.26. The van der Waals surface area contributed by atoms with Crippen molar-refractivity contribution in [3.8, 4) is 5.75 Å². The number of carbonyl (C=O) groups excluding carboxylic acids is 1. The number of hydrazone groups is 1. The van der Waals surface area contributed by atoms with Crippen molar-refractivity contribution >= 4 is 34.5 Å². The van der Waals surface area contributed by atoms with E-state index in [0.717, 1.165) is 10.8 Å². The molecule has 4 nitrogen and oxygen atoms in total. The number of halogens is 1. The van der Waals surface area contributed by atoms with Crippen molar-refractivity contribution in [2.45, 2.75) is 0 Å². The van der Waals surface area contributed by atoms with E-state index in [4.69, 9.17) is 11.6 Å². The van der Waals surface area contributed by atoms with Crippen molar-refractivity contribution < 1.29 is 9.90 Å². The van der Waals surface area contributed by atoms with Crippen LogP contribution in [0.2, 0.25) is 5.02 Å². The summed E-state index contributed by atoms with van der Waals surface area (Å²) in [5.41, 5.74) is 3.40. The molecule has 0 unspecified atom stereocenters. The highest BCUT2D eigenvalue weighted by Crippen LogP contribution is 2.27. The normalized spacial score (nSPS) is 11.0. The van der Waals surface area contributed by atoms with Crippen molar-refractivity contribution in [1.29, 1.82) is 0 Å². The number of rotatable bonds is 3. The molecule has 0 fully saturated rings. The summed E-state index contributed by atoms with van der Waals surface area (Å²) in [7, 11) is 0. The first-order valence-corrected chi connectivity index (χ1v) is 7.32. The molecule has 0 aromatic heterocycles. The molecule has 1 amide bonds. The van der Waals surface area contributed by atoms with E-state index < -0.39 is 0 Å². The largest absolute Gasteiger partial charge is 0.507 e. The minimum atomic E-state index is -0.349. The van der Waals surface area contributed by atoms with Gasteiger partial charge in [-0.2, -0.15) is 5.10 Å². The van der Waals surface area contributed by atoms with Crippen LogP contribution in [0.3, 0.4) is 0 Å². The molecule has 0 aliphatic heterocycles. The highest BCUT2D eigenvalue weighted by molar-refractivity contribution is 6.30. The second-order valence-electron chi connectivity index (χ2n) is 4.93. The highest BCUT2D eigenvalue weighted by Gasteiger charge is 2.05. The predicted molar refractivity (Wildman–Crippen MR) is 92.1 cm³/mol. The molecule has 0 bridgehead atoms. The van der Waals surface area contributed by atoms with Gasteiger partial charge in [-0.3, -0.25) is 4.79 Å². The number of fused-ring (bicyclic) bond motifs is 1. The number of nitrogens with one attached hydrogen (secondary N) is 1. The maximum atomic E-state index is 11.9. The van der Waals surface area contributed by atoms with Gasteiger partial charge in [-0.15, -0.1) is 0 Å². The molecule has 3 aromatic carbocycles. The molecule has 0 aliphatic rings. The Balaban J connectivity index is 1.76. The number of carbonyl (C=O) groups is 1. The second kappa shape index (κ2) is 6.50. The molecule has 0 saturated carbocycles. The molecular weight excluding hydrogens is 312 g/mol. The predicted octanol–water partition coefficient (Wildman–Crippen LogP) is 3.96. The van der Waals surface area contributed by atoms with Crippen molar-refractivity contribution in [3.63, 3.8) is 0 Å². The Bertz CT molecular complexity index is 889. The maximum absolute atomic E-state index is 11.9. The van der Waals surface area contributed by atoms with Crippen LogP contribution in [-0.2, 0) is 0 Å².